The molecule has 138 valence electrons. The van der Waals surface area contributed by atoms with Crippen molar-refractivity contribution in [2.24, 2.45) is 0 Å². The van der Waals surface area contributed by atoms with Crippen LogP contribution >= 0.6 is 0 Å². The van der Waals surface area contributed by atoms with Gasteiger partial charge in [0.2, 0.25) is 0 Å². The Morgan fingerprint density at radius 1 is 0.250 bits per heavy atom. The van der Waals surface area contributed by atoms with Crippen LogP contribution in [0.25, 0.3) is 0 Å². The van der Waals surface area contributed by atoms with Crippen LogP contribution in [0, 0.1) is 0 Å². The van der Waals surface area contributed by atoms with E-state index in [9.17, 15) is 0 Å². The van der Waals surface area contributed by atoms with Gasteiger partial charge in [0.1, 0.15) is 0 Å². The maximum atomic E-state index is 2.43. The summed E-state index contributed by atoms with van der Waals surface area (Å²) in [6, 6.07) is 0. The first-order valence-corrected chi connectivity index (χ1v) is 11.0. The van der Waals surface area contributed by atoms with E-state index >= 15 is 0 Å². The molecule has 0 atom stereocenters. The molecule has 0 aromatic rings. The van der Waals surface area contributed by atoms with Crippen molar-refractivity contribution in [1.29, 1.82) is 0 Å². The molecule has 0 spiro atoms. The van der Waals surface area contributed by atoms with Crippen LogP contribution in [0.2, 0.25) is 0 Å². The quantitative estimate of drug-likeness (QED) is 0.390. The van der Waals surface area contributed by atoms with Crippen LogP contribution in [0.1, 0.15) is 116 Å². The molecule has 24 heavy (non-hydrogen) atoms. The molecule has 0 aromatic heterocycles. The van der Waals surface area contributed by atoms with Crippen molar-refractivity contribution < 1.29 is 0 Å². The van der Waals surface area contributed by atoms with E-state index in [0.29, 0.717) is 0 Å². The number of hydrogen-bond acceptors (Lipinski definition) is 0. The van der Waals surface area contributed by atoms with E-state index in [0.717, 1.165) is 0 Å². The van der Waals surface area contributed by atoms with Crippen molar-refractivity contribution in [3.05, 3.63) is 36.5 Å². The minimum Gasteiger partial charge on any atom is -0.0885 e. The summed E-state index contributed by atoms with van der Waals surface area (Å²) in [5, 5.41) is 0. The van der Waals surface area contributed by atoms with Gasteiger partial charge in [0.05, 0.1) is 0 Å². The highest BCUT2D eigenvalue weighted by molar-refractivity contribution is 5.02. The Balaban J connectivity index is 2.14. The van der Waals surface area contributed by atoms with Gasteiger partial charge in [-0.1, -0.05) is 101 Å². The second-order valence-corrected chi connectivity index (χ2v) is 7.43. The molecule has 0 radical (unpaired) electrons. The lowest BCUT2D eigenvalue weighted by Gasteiger charge is -2.01. The fraction of sp³-hybridized carbons (Fsp3) is 0.750. The van der Waals surface area contributed by atoms with E-state index in [-0.39, 0.29) is 0 Å². The second kappa shape index (κ2) is 18.6. The molecule has 0 nitrogen and oxygen atoms in total. The minimum absolute atomic E-state index is 1.26. The van der Waals surface area contributed by atoms with Crippen molar-refractivity contribution in [3.63, 3.8) is 0 Å². The van der Waals surface area contributed by atoms with E-state index in [4.69, 9.17) is 0 Å². The van der Waals surface area contributed by atoms with E-state index < -0.39 is 0 Å². The molecular formula is C24H42. The lowest BCUT2D eigenvalue weighted by atomic mass is 10.1. The first-order chi connectivity index (χ1) is 12.0. The van der Waals surface area contributed by atoms with Gasteiger partial charge < -0.3 is 0 Å². The molecule has 0 amide bonds. The highest BCUT2D eigenvalue weighted by Gasteiger charge is 1.92. The highest BCUT2D eigenvalue weighted by Crippen LogP contribution is 2.12. The Morgan fingerprint density at radius 2 is 0.500 bits per heavy atom. The summed E-state index contributed by atoms with van der Waals surface area (Å²) in [7, 11) is 0. The van der Waals surface area contributed by atoms with Gasteiger partial charge in [-0.3, -0.25) is 0 Å². The molecule has 0 heterocycles. The summed E-state index contributed by atoms with van der Waals surface area (Å²) in [6.07, 6.45) is 39.0. The summed E-state index contributed by atoms with van der Waals surface area (Å²) >= 11 is 0. The Morgan fingerprint density at radius 3 is 0.833 bits per heavy atom. The molecular weight excluding hydrogens is 288 g/mol. The summed E-state index contributed by atoms with van der Waals surface area (Å²) in [5.74, 6) is 0. The topological polar surface area (TPSA) is 0 Å². The van der Waals surface area contributed by atoms with Gasteiger partial charge >= 0.3 is 0 Å². The zero-order valence-electron chi connectivity index (χ0n) is 16.2. The maximum Gasteiger partial charge on any atom is -0.0348 e. The summed E-state index contributed by atoms with van der Waals surface area (Å²) in [6.45, 7) is 0. The van der Waals surface area contributed by atoms with Crippen molar-refractivity contribution in [1.82, 2.24) is 0 Å². The molecule has 0 heteroatoms. The van der Waals surface area contributed by atoms with Crippen LogP contribution in [0.4, 0.5) is 0 Å². The SMILES string of the molecule is C1=C/CCCCCCCC/C=C/CCCCCCCCCC/C=C/1. The fourth-order valence-corrected chi connectivity index (χ4v) is 3.40. The van der Waals surface area contributed by atoms with Crippen LogP contribution in [-0.2, 0) is 0 Å². The maximum absolute atomic E-state index is 2.43. The van der Waals surface area contributed by atoms with Crippen molar-refractivity contribution in [3.8, 4) is 0 Å². The van der Waals surface area contributed by atoms with E-state index in [2.05, 4.69) is 36.5 Å². The van der Waals surface area contributed by atoms with Gasteiger partial charge in [-0.25, -0.2) is 0 Å². The van der Waals surface area contributed by atoms with E-state index in [1.54, 1.807) is 0 Å². The molecule has 0 fully saturated rings. The molecule has 0 bridgehead atoms. The number of rotatable bonds is 0. The standard InChI is InChI=1S/C24H42/c1-2-4-6-8-10-12-14-16-18-20-22-24-23-21-19-17-15-13-11-9-7-5-3-1/h1-4,21,23H,5-20,22,24H2/b3-1+,4-2+,23-21+. The third-order valence-electron chi connectivity index (χ3n) is 5.03. The number of allylic oxidation sites excluding steroid dienone is 6. The molecule has 1 aliphatic carbocycles. The third-order valence-corrected chi connectivity index (χ3v) is 5.03. The zero-order valence-corrected chi connectivity index (χ0v) is 16.2. The molecule has 0 aliphatic heterocycles. The van der Waals surface area contributed by atoms with Gasteiger partial charge in [0.25, 0.3) is 0 Å². The van der Waals surface area contributed by atoms with Gasteiger partial charge in [0.15, 0.2) is 0 Å². The summed E-state index contributed by atoms with van der Waals surface area (Å²) in [4.78, 5) is 0. The predicted octanol–water partition coefficient (Wildman–Crippen LogP) is 8.69. The molecule has 0 saturated carbocycles. The van der Waals surface area contributed by atoms with Crippen LogP contribution in [-0.4, -0.2) is 0 Å². The van der Waals surface area contributed by atoms with Crippen LogP contribution in [0.15, 0.2) is 36.5 Å². The average molecular weight is 331 g/mol. The Labute approximate surface area is 152 Å². The van der Waals surface area contributed by atoms with Gasteiger partial charge in [-0.2, -0.15) is 0 Å². The lowest BCUT2D eigenvalue weighted by Crippen LogP contribution is -1.81. The van der Waals surface area contributed by atoms with Crippen molar-refractivity contribution in [2.45, 2.75) is 116 Å². The van der Waals surface area contributed by atoms with Gasteiger partial charge in [-0.15, -0.1) is 0 Å². The fourth-order valence-electron chi connectivity index (χ4n) is 3.40. The van der Waals surface area contributed by atoms with Crippen LogP contribution in [0.3, 0.4) is 0 Å². The Kier molecular flexibility index (Phi) is 16.4. The Bertz CT molecular complexity index is 321. The largest absolute Gasteiger partial charge is 0.0885 e. The molecule has 0 N–H and O–H groups in total. The monoisotopic (exact) mass is 330 g/mol. The van der Waals surface area contributed by atoms with Gasteiger partial charge in [-0.05, 0) is 51.4 Å². The lowest BCUT2D eigenvalue weighted by molar-refractivity contribution is 0.571. The molecule has 1 aliphatic rings. The van der Waals surface area contributed by atoms with Crippen molar-refractivity contribution in [2.75, 3.05) is 0 Å². The molecule has 0 unspecified atom stereocenters. The summed E-state index contributed by atoms with van der Waals surface area (Å²) in [5.41, 5.74) is 0. The second-order valence-electron chi connectivity index (χ2n) is 7.43. The minimum atomic E-state index is 1.26. The molecule has 1 rings (SSSR count). The van der Waals surface area contributed by atoms with Crippen LogP contribution < -0.4 is 0 Å². The smallest absolute Gasteiger partial charge is 0.0348 e. The average Bonchev–Trinajstić information content (AvgIpc) is 2.59. The van der Waals surface area contributed by atoms with E-state index in [1.165, 1.54) is 116 Å². The predicted molar refractivity (Wildman–Crippen MR) is 111 cm³/mol. The Hall–Kier alpha value is -0.780. The van der Waals surface area contributed by atoms with E-state index in [1.807, 2.05) is 0 Å². The first-order valence-electron chi connectivity index (χ1n) is 11.0. The van der Waals surface area contributed by atoms with Crippen LogP contribution in [0.5, 0.6) is 0 Å². The molecule has 0 aromatic carbocycles. The number of hydrogen-bond donors (Lipinski definition) is 0. The zero-order chi connectivity index (χ0) is 17.0. The van der Waals surface area contributed by atoms with Crippen molar-refractivity contribution >= 4 is 0 Å². The summed E-state index contributed by atoms with van der Waals surface area (Å²) < 4.78 is 0. The normalized spacial score (nSPS) is 26.0. The van der Waals surface area contributed by atoms with Gasteiger partial charge in [0, 0.05) is 0 Å². The first kappa shape index (κ1) is 21.3. The third kappa shape index (κ3) is 16.1. The highest BCUT2D eigenvalue weighted by atomic mass is 14.0. The molecule has 0 saturated heterocycles.